The number of carbonyl (C=O) groups excluding carboxylic acids is 3. The number of carbonyl (C=O) groups is 3. The van der Waals surface area contributed by atoms with Gasteiger partial charge in [0.05, 0.1) is 25.7 Å². The van der Waals surface area contributed by atoms with Crippen LogP contribution in [0.3, 0.4) is 0 Å². The van der Waals surface area contributed by atoms with E-state index in [4.69, 9.17) is 9.47 Å². The van der Waals surface area contributed by atoms with Gasteiger partial charge in [-0.3, -0.25) is 14.4 Å². The van der Waals surface area contributed by atoms with Crippen LogP contribution in [-0.4, -0.2) is 42.6 Å². The minimum absolute atomic E-state index is 0.309. The standard InChI is InChI=1S/C19H24O6/c1-5-11-6-8-12(9-7-11)14-15(17(21)24-3)13(20)10-19(2,23)16(14)18(22)25-4/h6-9,14-16,23H,5,10H2,1-4H3/t14-,15-,16-,19+/m1/s1. The van der Waals surface area contributed by atoms with Crippen LogP contribution in [0.1, 0.15) is 37.3 Å². The zero-order chi connectivity index (χ0) is 18.8. The fourth-order valence-electron chi connectivity index (χ4n) is 3.65. The molecule has 0 unspecified atom stereocenters. The number of benzene rings is 1. The number of ether oxygens (including phenoxy) is 2. The first-order valence-electron chi connectivity index (χ1n) is 8.26. The lowest BCUT2D eigenvalue weighted by molar-refractivity contribution is -0.170. The van der Waals surface area contributed by atoms with E-state index in [0.717, 1.165) is 12.0 Å². The van der Waals surface area contributed by atoms with E-state index in [-0.39, 0.29) is 6.42 Å². The average molecular weight is 348 g/mol. The summed E-state index contributed by atoms with van der Waals surface area (Å²) >= 11 is 0. The highest BCUT2D eigenvalue weighted by Crippen LogP contribution is 2.46. The van der Waals surface area contributed by atoms with Gasteiger partial charge in [0.1, 0.15) is 5.92 Å². The number of rotatable bonds is 4. The van der Waals surface area contributed by atoms with E-state index in [1.807, 2.05) is 19.1 Å². The first-order chi connectivity index (χ1) is 11.8. The molecule has 1 aliphatic carbocycles. The first-order valence-corrected chi connectivity index (χ1v) is 8.26. The van der Waals surface area contributed by atoms with Gasteiger partial charge in [-0.2, -0.15) is 0 Å². The first kappa shape index (κ1) is 19.1. The maximum atomic E-state index is 12.6. The van der Waals surface area contributed by atoms with Crippen LogP contribution in [0.25, 0.3) is 0 Å². The molecule has 1 aromatic carbocycles. The molecular formula is C19H24O6. The Kier molecular flexibility index (Phi) is 5.62. The number of aliphatic hydroxyl groups is 1. The van der Waals surface area contributed by atoms with Crippen LogP contribution in [0, 0.1) is 11.8 Å². The van der Waals surface area contributed by atoms with Crippen molar-refractivity contribution in [2.45, 2.75) is 38.2 Å². The Hall–Kier alpha value is -2.21. The largest absolute Gasteiger partial charge is 0.469 e. The van der Waals surface area contributed by atoms with Crippen molar-refractivity contribution in [2.24, 2.45) is 11.8 Å². The van der Waals surface area contributed by atoms with Gasteiger partial charge in [0.25, 0.3) is 0 Å². The van der Waals surface area contributed by atoms with Gasteiger partial charge in [0.2, 0.25) is 0 Å². The Morgan fingerprint density at radius 3 is 2.20 bits per heavy atom. The van der Waals surface area contributed by atoms with Crippen molar-refractivity contribution in [2.75, 3.05) is 14.2 Å². The molecule has 0 amide bonds. The van der Waals surface area contributed by atoms with Gasteiger partial charge in [0.15, 0.2) is 5.78 Å². The van der Waals surface area contributed by atoms with Crippen LogP contribution >= 0.6 is 0 Å². The fourth-order valence-corrected chi connectivity index (χ4v) is 3.65. The Morgan fingerprint density at radius 1 is 1.16 bits per heavy atom. The summed E-state index contributed by atoms with van der Waals surface area (Å²) in [5.41, 5.74) is 0.0983. The van der Waals surface area contributed by atoms with E-state index >= 15 is 0 Å². The van der Waals surface area contributed by atoms with Crippen molar-refractivity contribution >= 4 is 17.7 Å². The third-order valence-electron chi connectivity index (χ3n) is 4.95. The molecule has 1 aromatic rings. The van der Waals surface area contributed by atoms with Crippen LogP contribution in [0.15, 0.2) is 24.3 Å². The van der Waals surface area contributed by atoms with Crippen molar-refractivity contribution in [3.05, 3.63) is 35.4 Å². The lowest BCUT2D eigenvalue weighted by Crippen LogP contribution is -2.55. The zero-order valence-corrected chi connectivity index (χ0v) is 14.9. The quantitative estimate of drug-likeness (QED) is 0.657. The summed E-state index contributed by atoms with van der Waals surface area (Å²) in [5, 5.41) is 10.7. The molecule has 0 aromatic heterocycles. The van der Waals surface area contributed by atoms with Crippen molar-refractivity contribution in [1.82, 2.24) is 0 Å². The van der Waals surface area contributed by atoms with Crippen LogP contribution in [0.2, 0.25) is 0 Å². The molecule has 1 aliphatic rings. The maximum Gasteiger partial charge on any atom is 0.316 e. The predicted octanol–water partition coefficient (Wildman–Crippen LogP) is 1.63. The molecule has 4 atom stereocenters. The van der Waals surface area contributed by atoms with Crippen LogP contribution < -0.4 is 0 Å². The van der Waals surface area contributed by atoms with Crippen LogP contribution in [-0.2, 0) is 30.3 Å². The number of hydrogen-bond acceptors (Lipinski definition) is 6. The number of methoxy groups -OCH3 is 2. The topological polar surface area (TPSA) is 89.9 Å². The van der Waals surface area contributed by atoms with Crippen molar-refractivity contribution < 1.29 is 29.0 Å². The molecule has 1 fully saturated rings. The second-order valence-corrected chi connectivity index (χ2v) is 6.62. The average Bonchev–Trinajstić information content (AvgIpc) is 2.59. The van der Waals surface area contributed by atoms with Crippen molar-refractivity contribution in [1.29, 1.82) is 0 Å². The molecule has 1 saturated carbocycles. The molecule has 0 spiro atoms. The van der Waals surface area contributed by atoms with E-state index in [1.54, 1.807) is 12.1 Å². The third kappa shape index (κ3) is 3.58. The van der Waals surface area contributed by atoms with Gasteiger partial charge in [-0.25, -0.2) is 0 Å². The smallest absolute Gasteiger partial charge is 0.316 e. The number of hydrogen-bond donors (Lipinski definition) is 1. The summed E-state index contributed by atoms with van der Waals surface area (Å²) in [5.74, 6) is -4.85. The Bertz CT molecular complexity index is 661. The Labute approximate surface area is 147 Å². The number of ketones is 1. The summed E-state index contributed by atoms with van der Waals surface area (Å²) in [6.45, 7) is 3.44. The molecule has 25 heavy (non-hydrogen) atoms. The van der Waals surface area contributed by atoms with Gasteiger partial charge in [-0.15, -0.1) is 0 Å². The van der Waals surface area contributed by atoms with Crippen LogP contribution in [0.4, 0.5) is 0 Å². The van der Waals surface area contributed by atoms with E-state index in [0.29, 0.717) is 5.56 Å². The Morgan fingerprint density at radius 2 is 1.72 bits per heavy atom. The minimum atomic E-state index is -1.61. The van der Waals surface area contributed by atoms with Gasteiger partial charge in [-0.1, -0.05) is 31.2 Å². The third-order valence-corrected chi connectivity index (χ3v) is 4.95. The van der Waals surface area contributed by atoms with E-state index in [2.05, 4.69) is 0 Å². The molecule has 0 heterocycles. The molecule has 0 aliphatic heterocycles. The molecule has 136 valence electrons. The second kappa shape index (κ2) is 7.35. The highest BCUT2D eigenvalue weighted by Gasteiger charge is 2.56. The highest BCUT2D eigenvalue weighted by molar-refractivity contribution is 6.02. The minimum Gasteiger partial charge on any atom is -0.469 e. The summed E-state index contributed by atoms with van der Waals surface area (Å²) in [7, 11) is 2.42. The SMILES string of the molecule is CCc1ccc([C@@H]2[C@H](C(=O)OC)C(=O)C[C@](C)(O)[C@H]2C(=O)OC)cc1. The van der Waals surface area contributed by atoms with E-state index in [9.17, 15) is 19.5 Å². The van der Waals surface area contributed by atoms with Gasteiger partial charge < -0.3 is 14.6 Å². The predicted molar refractivity (Wildman–Crippen MR) is 89.8 cm³/mol. The Balaban J connectivity index is 2.61. The molecular weight excluding hydrogens is 324 g/mol. The highest BCUT2D eigenvalue weighted by atomic mass is 16.5. The molecule has 0 radical (unpaired) electrons. The van der Waals surface area contributed by atoms with E-state index < -0.39 is 41.1 Å². The molecule has 6 nitrogen and oxygen atoms in total. The molecule has 1 N–H and O–H groups in total. The molecule has 0 bridgehead atoms. The summed E-state index contributed by atoms with van der Waals surface area (Å²) < 4.78 is 9.65. The lowest BCUT2D eigenvalue weighted by Gasteiger charge is -2.43. The molecule has 2 rings (SSSR count). The summed E-state index contributed by atoms with van der Waals surface area (Å²) in [6.07, 6.45) is 0.526. The normalized spacial score (nSPS) is 29.2. The lowest BCUT2D eigenvalue weighted by atomic mass is 9.61. The van der Waals surface area contributed by atoms with Crippen molar-refractivity contribution in [3.63, 3.8) is 0 Å². The molecule has 0 saturated heterocycles. The zero-order valence-electron chi connectivity index (χ0n) is 14.9. The van der Waals surface area contributed by atoms with Gasteiger partial charge in [0, 0.05) is 12.3 Å². The number of esters is 2. The van der Waals surface area contributed by atoms with Crippen molar-refractivity contribution in [3.8, 4) is 0 Å². The van der Waals surface area contributed by atoms with Crippen LogP contribution in [0.5, 0.6) is 0 Å². The second-order valence-electron chi connectivity index (χ2n) is 6.62. The summed E-state index contributed by atoms with van der Waals surface area (Å²) in [4.78, 5) is 37.2. The fraction of sp³-hybridized carbons (Fsp3) is 0.526. The van der Waals surface area contributed by atoms with Gasteiger partial charge >= 0.3 is 11.9 Å². The summed E-state index contributed by atoms with van der Waals surface area (Å²) in [6, 6.07) is 7.33. The molecule has 6 heteroatoms. The maximum absolute atomic E-state index is 12.6. The monoisotopic (exact) mass is 348 g/mol. The number of aryl methyl sites for hydroxylation is 1. The van der Waals surface area contributed by atoms with Gasteiger partial charge in [-0.05, 0) is 24.5 Å². The van der Waals surface area contributed by atoms with E-state index in [1.165, 1.54) is 21.1 Å². The number of Topliss-reactive ketones (excluding diaryl/α,β-unsaturated/α-hetero) is 1.